The van der Waals surface area contributed by atoms with E-state index < -0.39 is 6.03 Å². The van der Waals surface area contributed by atoms with Crippen LogP contribution < -0.4 is 16.4 Å². The Hall–Kier alpha value is -1.71. The SMILES string of the molecule is CCCCCCCC(C)Nc1cccc(NC(N)=O)c1. The van der Waals surface area contributed by atoms with Crippen molar-refractivity contribution in [2.24, 2.45) is 5.73 Å². The molecule has 0 spiro atoms. The Morgan fingerprint density at radius 1 is 1.20 bits per heavy atom. The molecule has 112 valence electrons. The van der Waals surface area contributed by atoms with Crippen molar-refractivity contribution in [1.29, 1.82) is 0 Å². The number of hydrogen-bond donors (Lipinski definition) is 3. The van der Waals surface area contributed by atoms with Crippen molar-refractivity contribution in [1.82, 2.24) is 0 Å². The molecular formula is C16H27N3O. The molecule has 0 saturated carbocycles. The van der Waals surface area contributed by atoms with E-state index in [1.54, 1.807) is 0 Å². The van der Waals surface area contributed by atoms with Crippen LogP contribution in [0.1, 0.15) is 52.4 Å². The third-order valence-corrected chi connectivity index (χ3v) is 3.28. The molecule has 0 aliphatic carbocycles. The van der Waals surface area contributed by atoms with Crippen molar-refractivity contribution in [2.75, 3.05) is 10.6 Å². The van der Waals surface area contributed by atoms with E-state index in [1.807, 2.05) is 24.3 Å². The second kappa shape index (κ2) is 9.23. The van der Waals surface area contributed by atoms with Gasteiger partial charge in [0.05, 0.1) is 0 Å². The molecule has 4 heteroatoms. The number of urea groups is 1. The fourth-order valence-electron chi connectivity index (χ4n) is 2.24. The number of carbonyl (C=O) groups excluding carboxylic acids is 1. The van der Waals surface area contributed by atoms with Gasteiger partial charge in [0.25, 0.3) is 0 Å². The van der Waals surface area contributed by atoms with Crippen LogP contribution in [0.15, 0.2) is 24.3 Å². The van der Waals surface area contributed by atoms with E-state index >= 15 is 0 Å². The van der Waals surface area contributed by atoms with Crippen LogP contribution in [0.5, 0.6) is 0 Å². The topological polar surface area (TPSA) is 67.2 Å². The number of rotatable bonds is 9. The first-order valence-corrected chi connectivity index (χ1v) is 7.55. The molecule has 0 aliphatic heterocycles. The summed E-state index contributed by atoms with van der Waals surface area (Å²) in [4.78, 5) is 10.8. The summed E-state index contributed by atoms with van der Waals surface area (Å²) < 4.78 is 0. The molecule has 1 atom stereocenters. The molecule has 1 unspecified atom stereocenters. The number of benzene rings is 1. The van der Waals surface area contributed by atoms with Gasteiger partial charge in [-0.25, -0.2) is 4.79 Å². The van der Waals surface area contributed by atoms with Crippen LogP contribution in [-0.4, -0.2) is 12.1 Å². The first kappa shape index (κ1) is 16.3. The fraction of sp³-hybridized carbons (Fsp3) is 0.562. The maximum Gasteiger partial charge on any atom is 0.316 e. The Labute approximate surface area is 122 Å². The zero-order valence-corrected chi connectivity index (χ0v) is 12.6. The van der Waals surface area contributed by atoms with Crippen molar-refractivity contribution in [3.05, 3.63) is 24.3 Å². The third kappa shape index (κ3) is 7.02. The predicted molar refractivity (Wildman–Crippen MR) is 86.1 cm³/mol. The maximum atomic E-state index is 10.8. The van der Waals surface area contributed by atoms with Crippen LogP contribution in [0, 0.1) is 0 Å². The molecular weight excluding hydrogens is 250 g/mol. The summed E-state index contributed by atoms with van der Waals surface area (Å²) in [6.07, 6.45) is 7.69. The van der Waals surface area contributed by atoms with Crippen molar-refractivity contribution < 1.29 is 4.79 Å². The normalized spacial score (nSPS) is 11.9. The van der Waals surface area contributed by atoms with Gasteiger partial charge in [0.15, 0.2) is 0 Å². The Bertz CT molecular complexity index is 406. The third-order valence-electron chi connectivity index (χ3n) is 3.28. The van der Waals surface area contributed by atoms with Gasteiger partial charge >= 0.3 is 6.03 Å². The van der Waals surface area contributed by atoms with Gasteiger partial charge < -0.3 is 16.4 Å². The van der Waals surface area contributed by atoms with Crippen molar-refractivity contribution in [2.45, 2.75) is 58.4 Å². The van der Waals surface area contributed by atoms with Gasteiger partial charge in [-0.05, 0) is 31.5 Å². The van der Waals surface area contributed by atoms with Crippen LogP contribution in [0.25, 0.3) is 0 Å². The molecule has 4 N–H and O–H groups in total. The lowest BCUT2D eigenvalue weighted by molar-refractivity contribution is 0.259. The van der Waals surface area contributed by atoms with Gasteiger partial charge in [0, 0.05) is 17.4 Å². The van der Waals surface area contributed by atoms with Crippen molar-refractivity contribution >= 4 is 17.4 Å². The van der Waals surface area contributed by atoms with Crippen molar-refractivity contribution in [3.8, 4) is 0 Å². The highest BCUT2D eigenvalue weighted by molar-refractivity contribution is 5.88. The highest BCUT2D eigenvalue weighted by Gasteiger charge is 2.03. The number of nitrogens with two attached hydrogens (primary N) is 1. The van der Waals surface area contributed by atoms with Gasteiger partial charge in [-0.2, -0.15) is 0 Å². The molecule has 1 aromatic rings. The Morgan fingerprint density at radius 2 is 1.90 bits per heavy atom. The molecule has 0 radical (unpaired) electrons. The average molecular weight is 277 g/mol. The summed E-state index contributed by atoms with van der Waals surface area (Å²) in [5, 5.41) is 6.04. The molecule has 0 bridgehead atoms. The largest absolute Gasteiger partial charge is 0.383 e. The van der Waals surface area contributed by atoms with Crippen LogP contribution in [0.3, 0.4) is 0 Å². The second-order valence-electron chi connectivity index (χ2n) is 5.32. The van der Waals surface area contributed by atoms with Gasteiger partial charge in [-0.3, -0.25) is 0 Å². The van der Waals surface area contributed by atoms with Crippen LogP contribution in [0.2, 0.25) is 0 Å². The molecule has 0 fully saturated rings. The lowest BCUT2D eigenvalue weighted by Gasteiger charge is -2.16. The Balaban J connectivity index is 2.33. The summed E-state index contributed by atoms with van der Waals surface area (Å²) >= 11 is 0. The van der Waals surface area contributed by atoms with Gasteiger partial charge in [0.1, 0.15) is 0 Å². The van der Waals surface area contributed by atoms with E-state index in [0.29, 0.717) is 6.04 Å². The molecule has 0 heterocycles. The van der Waals surface area contributed by atoms with E-state index in [4.69, 9.17) is 5.73 Å². The number of amides is 2. The zero-order valence-electron chi connectivity index (χ0n) is 12.6. The number of primary amides is 1. The lowest BCUT2D eigenvalue weighted by atomic mass is 10.1. The number of unbranched alkanes of at least 4 members (excludes halogenated alkanes) is 4. The summed E-state index contributed by atoms with van der Waals surface area (Å²) in [5.74, 6) is 0. The molecule has 4 nitrogen and oxygen atoms in total. The summed E-state index contributed by atoms with van der Waals surface area (Å²) in [7, 11) is 0. The molecule has 20 heavy (non-hydrogen) atoms. The predicted octanol–water partition coefficient (Wildman–Crippen LogP) is 4.34. The minimum atomic E-state index is -0.536. The standard InChI is InChI=1S/C16H27N3O/c1-3-4-5-6-7-9-13(2)18-14-10-8-11-15(12-14)19-16(17)20/h8,10-13,18H,3-7,9H2,1-2H3,(H3,17,19,20). The van der Waals surface area contributed by atoms with E-state index in [1.165, 1.54) is 32.1 Å². The Morgan fingerprint density at radius 3 is 2.60 bits per heavy atom. The molecule has 1 rings (SSSR count). The molecule has 2 amide bonds. The quantitative estimate of drug-likeness (QED) is 0.588. The fourth-order valence-corrected chi connectivity index (χ4v) is 2.24. The van der Waals surface area contributed by atoms with Gasteiger partial charge in [0.2, 0.25) is 0 Å². The summed E-state index contributed by atoms with van der Waals surface area (Å²) in [6.45, 7) is 4.42. The second-order valence-corrected chi connectivity index (χ2v) is 5.32. The number of hydrogen-bond acceptors (Lipinski definition) is 2. The first-order valence-electron chi connectivity index (χ1n) is 7.55. The molecule has 1 aromatic carbocycles. The molecule has 0 aromatic heterocycles. The van der Waals surface area contributed by atoms with Crippen LogP contribution >= 0.6 is 0 Å². The van der Waals surface area contributed by atoms with Gasteiger partial charge in [-0.15, -0.1) is 0 Å². The smallest absolute Gasteiger partial charge is 0.316 e. The summed E-state index contributed by atoms with van der Waals surface area (Å²) in [6, 6.07) is 7.52. The lowest BCUT2D eigenvalue weighted by Crippen LogP contribution is -2.19. The minimum Gasteiger partial charge on any atom is -0.383 e. The average Bonchev–Trinajstić information content (AvgIpc) is 2.38. The Kier molecular flexibility index (Phi) is 7.55. The van der Waals surface area contributed by atoms with Gasteiger partial charge in [-0.1, -0.05) is 45.1 Å². The van der Waals surface area contributed by atoms with E-state index in [2.05, 4.69) is 24.5 Å². The summed E-state index contributed by atoms with van der Waals surface area (Å²) in [5.41, 5.74) is 6.84. The van der Waals surface area contributed by atoms with Crippen LogP contribution in [0.4, 0.5) is 16.2 Å². The molecule has 0 saturated heterocycles. The number of carbonyl (C=O) groups is 1. The first-order chi connectivity index (χ1) is 9.61. The number of nitrogens with one attached hydrogen (secondary N) is 2. The zero-order chi connectivity index (χ0) is 14.8. The van der Waals surface area contributed by atoms with Crippen LogP contribution in [-0.2, 0) is 0 Å². The highest BCUT2D eigenvalue weighted by Crippen LogP contribution is 2.17. The van der Waals surface area contributed by atoms with E-state index in [-0.39, 0.29) is 0 Å². The van der Waals surface area contributed by atoms with Crippen molar-refractivity contribution in [3.63, 3.8) is 0 Å². The minimum absolute atomic E-state index is 0.431. The van der Waals surface area contributed by atoms with E-state index in [0.717, 1.165) is 17.8 Å². The maximum absolute atomic E-state index is 10.8. The molecule has 0 aliphatic rings. The van der Waals surface area contributed by atoms with E-state index in [9.17, 15) is 4.79 Å². The number of anilines is 2. The monoisotopic (exact) mass is 277 g/mol. The highest BCUT2D eigenvalue weighted by atomic mass is 16.2.